The van der Waals surface area contributed by atoms with Crippen LogP contribution in [-0.4, -0.2) is 12.1 Å². The van der Waals surface area contributed by atoms with Gasteiger partial charge in [0.25, 0.3) is 0 Å². The van der Waals surface area contributed by atoms with Crippen LogP contribution in [0.5, 0.6) is 0 Å². The number of hydrogen-bond acceptors (Lipinski definition) is 1. The second-order valence-electron chi connectivity index (χ2n) is 6.61. The predicted octanol–water partition coefficient (Wildman–Crippen LogP) is 3.98. The Balaban J connectivity index is 1.79. The van der Waals surface area contributed by atoms with Gasteiger partial charge in [-0.2, -0.15) is 0 Å². The molecule has 16 heavy (non-hydrogen) atoms. The van der Waals surface area contributed by atoms with Crippen LogP contribution in [-0.2, 0) is 0 Å². The standard InChI is InChI=1S/C15H29N/c1-11-8-12(2)10-15(9-11)16-13(3)14-6-4-5-7-14/h11-16H,4-10H2,1-3H3/t11?,12?,13-,15?/m0/s1. The fourth-order valence-electron chi connectivity index (χ4n) is 4.05. The van der Waals surface area contributed by atoms with Gasteiger partial charge in [-0.25, -0.2) is 0 Å². The lowest BCUT2D eigenvalue weighted by molar-refractivity contribution is 0.212. The zero-order chi connectivity index (χ0) is 11.5. The summed E-state index contributed by atoms with van der Waals surface area (Å²) in [6.45, 7) is 7.26. The van der Waals surface area contributed by atoms with E-state index in [2.05, 4.69) is 26.1 Å². The molecule has 0 aromatic rings. The highest BCUT2D eigenvalue weighted by molar-refractivity contribution is 4.85. The van der Waals surface area contributed by atoms with E-state index in [0.717, 1.165) is 29.8 Å². The molecule has 3 atom stereocenters. The van der Waals surface area contributed by atoms with Gasteiger partial charge >= 0.3 is 0 Å². The molecule has 0 aromatic heterocycles. The molecule has 0 aliphatic heterocycles. The SMILES string of the molecule is CC1CC(C)CC(N[C@@H](C)C2CCCC2)C1. The van der Waals surface area contributed by atoms with Crippen molar-refractivity contribution in [1.29, 1.82) is 0 Å². The topological polar surface area (TPSA) is 12.0 Å². The summed E-state index contributed by atoms with van der Waals surface area (Å²) in [6, 6.07) is 1.55. The predicted molar refractivity (Wildman–Crippen MR) is 70.5 cm³/mol. The molecule has 1 heteroatoms. The van der Waals surface area contributed by atoms with Crippen LogP contribution in [0.15, 0.2) is 0 Å². The molecule has 2 aliphatic rings. The first-order valence-electron chi connectivity index (χ1n) is 7.41. The third-order valence-corrected chi connectivity index (χ3v) is 4.78. The first-order chi connectivity index (χ1) is 7.65. The largest absolute Gasteiger partial charge is 0.311 e. The Morgan fingerprint density at radius 3 is 2.06 bits per heavy atom. The molecule has 0 bridgehead atoms. The first-order valence-corrected chi connectivity index (χ1v) is 7.41. The maximum absolute atomic E-state index is 3.92. The van der Waals surface area contributed by atoms with Crippen LogP contribution in [0.4, 0.5) is 0 Å². The molecule has 0 saturated heterocycles. The molecule has 1 nitrogen and oxygen atoms in total. The van der Waals surface area contributed by atoms with E-state index >= 15 is 0 Å². The quantitative estimate of drug-likeness (QED) is 0.763. The number of rotatable bonds is 3. The first kappa shape index (κ1) is 12.4. The van der Waals surface area contributed by atoms with Gasteiger partial charge in [0, 0.05) is 12.1 Å². The fraction of sp³-hybridized carbons (Fsp3) is 1.00. The highest BCUT2D eigenvalue weighted by Crippen LogP contribution is 2.31. The summed E-state index contributed by atoms with van der Waals surface area (Å²) in [7, 11) is 0. The molecule has 0 heterocycles. The third kappa shape index (κ3) is 3.23. The van der Waals surface area contributed by atoms with Gasteiger partial charge in [0.1, 0.15) is 0 Å². The molecule has 94 valence electrons. The van der Waals surface area contributed by atoms with E-state index in [0.29, 0.717) is 0 Å². The summed E-state index contributed by atoms with van der Waals surface area (Å²) in [6.07, 6.45) is 10.1. The molecule has 2 saturated carbocycles. The summed E-state index contributed by atoms with van der Waals surface area (Å²) >= 11 is 0. The summed E-state index contributed by atoms with van der Waals surface area (Å²) < 4.78 is 0. The van der Waals surface area contributed by atoms with E-state index < -0.39 is 0 Å². The Morgan fingerprint density at radius 2 is 1.50 bits per heavy atom. The van der Waals surface area contributed by atoms with Crippen molar-refractivity contribution in [3.05, 3.63) is 0 Å². The minimum atomic E-state index is 0.755. The molecular formula is C15H29N. The van der Waals surface area contributed by atoms with Crippen molar-refractivity contribution in [1.82, 2.24) is 5.32 Å². The normalized spacial score (nSPS) is 38.8. The summed E-state index contributed by atoms with van der Waals surface area (Å²) in [5, 5.41) is 3.92. The second-order valence-corrected chi connectivity index (χ2v) is 6.61. The van der Waals surface area contributed by atoms with Crippen LogP contribution in [0.1, 0.15) is 65.7 Å². The zero-order valence-electron chi connectivity index (χ0n) is 11.3. The van der Waals surface area contributed by atoms with Gasteiger partial charge in [0.2, 0.25) is 0 Å². The molecule has 0 radical (unpaired) electrons. The Bertz CT molecular complexity index is 197. The smallest absolute Gasteiger partial charge is 0.00747 e. The van der Waals surface area contributed by atoms with Gasteiger partial charge in [0.15, 0.2) is 0 Å². The maximum Gasteiger partial charge on any atom is 0.00747 e. The maximum atomic E-state index is 3.92. The third-order valence-electron chi connectivity index (χ3n) is 4.78. The lowest BCUT2D eigenvalue weighted by Crippen LogP contribution is -2.43. The zero-order valence-corrected chi connectivity index (χ0v) is 11.3. The Hall–Kier alpha value is -0.0400. The van der Waals surface area contributed by atoms with Crippen LogP contribution in [0.2, 0.25) is 0 Å². The molecule has 2 unspecified atom stereocenters. The minimum absolute atomic E-state index is 0.755. The van der Waals surface area contributed by atoms with Crippen LogP contribution >= 0.6 is 0 Å². The van der Waals surface area contributed by atoms with E-state index in [-0.39, 0.29) is 0 Å². The monoisotopic (exact) mass is 223 g/mol. The molecule has 0 spiro atoms. The molecular weight excluding hydrogens is 194 g/mol. The van der Waals surface area contributed by atoms with Crippen LogP contribution in [0.3, 0.4) is 0 Å². The van der Waals surface area contributed by atoms with Crippen molar-refractivity contribution in [2.75, 3.05) is 0 Å². The van der Waals surface area contributed by atoms with Crippen molar-refractivity contribution in [2.45, 2.75) is 77.8 Å². The van der Waals surface area contributed by atoms with Crippen LogP contribution in [0, 0.1) is 17.8 Å². The van der Waals surface area contributed by atoms with Gasteiger partial charge < -0.3 is 5.32 Å². The van der Waals surface area contributed by atoms with E-state index in [1.54, 1.807) is 0 Å². The molecule has 2 aliphatic carbocycles. The molecule has 0 amide bonds. The van der Waals surface area contributed by atoms with Gasteiger partial charge in [-0.05, 0) is 56.8 Å². The van der Waals surface area contributed by atoms with Gasteiger partial charge in [-0.15, -0.1) is 0 Å². The van der Waals surface area contributed by atoms with E-state index in [1.165, 1.54) is 44.9 Å². The molecule has 2 fully saturated rings. The van der Waals surface area contributed by atoms with Gasteiger partial charge in [0.05, 0.1) is 0 Å². The Kier molecular flexibility index (Phi) is 4.29. The van der Waals surface area contributed by atoms with Crippen molar-refractivity contribution < 1.29 is 0 Å². The van der Waals surface area contributed by atoms with Gasteiger partial charge in [-0.3, -0.25) is 0 Å². The highest BCUT2D eigenvalue weighted by atomic mass is 15.0. The lowest BCUT2D eigenvalue weighted by atomic mass is 9.80. The lowest BCUT2D eigenvalue weighted by Gasteiger charge is -2.35. The average molecular weight is 223 g/mol. The van der Waals surface area contributed by atoms with Gasteiger partial charge in [-0.1, -0.05) is 26.7 Å². The minimum Gasteiger partial charge on any atom is -0.311 e. The van der Waals surface area contributed by atoms with Crippen molar-refractivity contribution >= 4 is 0 Å². The average Bonchev–Trinajstić information content (AvgIpc) is 2.68. The van der Waals surface area contributed by atoms with Crippen molar-refractivity contribution in [3.63, 3.8) is 0 Å². The number of hydrogen-bond donors (Lipinski definition) is 1. The summed E-state index contributed by atoms with van der Waals surface area (Å²) in [5.41, 5.74) is 0. The Morgan fingerprint density at radius 1 is 0.938 bits per heavy atom. The van der Waals surface area contributed by atoms with E-state index in [9.17, 15) is 0 Å². The van der Waals surface area contributed by atoms with E-state index in [1.807, 2.05) is 0 Å². The number of nitrogens with one attached hydrogen (secondary N) is 1. The fourth-order valence-corrected chi connectivity index (χ4v) is 4.05. The Labute approximate surface area is 101 Å². The van der Waals surface area contributed by atoms with Crippen molar-refractivity contribution in [2.24, 2.45) is 17.8 Å². The van der Waals surface area contributed by atoms with Crippen molar-refractivity contribution in [3.8, 4) is 0 Å². The summed E-state index contributed by atoms with van der Waals surface area (Å²) in [5.74, 6) is 2.82. The molecule has 1 N–H and O–H groups in total. The highest BCUT2D eigenvalue weighted by Gasteiger charge is 2.28. The van der Waals surface area contributed by atoms with Crippen LogP contribution < -0.4 is 5.32 Å². The van der Waals surface area contributed by atoms with Crippen LogP contribution in [0.25, 0.3) is 0 Å². The summed E-state index contributed by atoms with van der Waals surface area (Å²) in [4.78, 5) is 0. The molecule has 2 rings (SSSR count). The molecule has 0 aromatic carbocycles. The second kappa shape index (κ2) is 5.53. The van der Waals surface area contributed by atoms with E-state index in [4.69, 9.17) is 0 Å².